The van der Waals surface area contributed by atoms with Gasteiger partial charge in [-0.25, -0.2) is 4.39 Å². The topological polar surface area (TPSA) is 62.7 Å². The molecule has 0 amide bonds. The summed E-state index contributed by atoms with van der Waals surface area (Å²) in [5.41, 5.74) is 4.44. The van der Waals surface area contributed by atoms with Crippen LogP contribution in [0.25, 0.3) is 0 Å². The van der Waals surface area contributed by atoms with Gasteiger partial charge in [0.15, 0.2) is 5.82 Å². The first-order chi connectivity index (χ1) is 12.7. The van der Waals surface area contributed by atoms with Crippen LogP contribution in [0.2, 0.25) is 0 Å². The van der Waals surface area contributed by atoms with Crippen molar-refractivity contribution in [3.8, 4) is 0 Å². The van der Waals surface area contributed by atoms with E-state index in [0.717, 1.165) is 29.7 Å². The number of para-hydroxylation sites is 1. The van der Waals surface area contributed by atoms with Gasteiger partial charge in [-0.3, -0.25) is 0 Å². The van der Waals surface area contributed by atoms with Gasteiger partial charge in [0.25, 0.3) is 0 Å². The van der Waals surface area contributed by atoms with E-state index in [2.05, 4.69) is 51.8 Å². The number of aryl methyl sites for hydroxylation is 2. The average Bonchev–Trinajstić information content (AvgIpc) is 2.65. The number of benzene rings is 2. The normalized spacial score (nSPS) is 10.6. The van der Waals surface area contributed by atoms with Crippen molar-refractivity contribution in [2.75, 3.05) is 17.2 Å². The Morgan fingerprint density at radius 2 is 1.88 bits per heavy atom. The molecule has 134 valence electrons. The summed E-state index contributed by atoms with van der Waals surface area (Å²) < 4.78 is 12.9. The highest BCUT2D eigenvalue weighted by molar-refractivity contribution is 5.63. The second kappa shape index (κ2) is 8.38. The van der Waals surface area contributed by atoms with Gasteiger partial charge >= 0.3 is 0 Å². The number of nitrogens with one attached hydrogen (secondary N) is 2. The summed E-state index contributed by atoms with van der Waals surface area (Å²) >= 11 is 0. The Labute approximate surface area is 152 Å². The number of nitrogens with zero attached hydrogens (tertiary/aromatic N) is 3. The molecule has 5 nitrogen and oxygen atoms in total. The van der Waals surface area contributed by atoms with Gasteiger partial charge in [-0.2, -0.15) is 10.1 Å². The number of hydrogen-bond acceptors (Lipinski definition) is 5. The lowest BCUT2D eigenvalue weighted by molar-refractivity contribution is 0.627. The van der Waals surface area contributed by atoms with Gasteiger partial charge in [-0.1, -0.05) is 37.3 Å². The smallest absolute Gasteiger partial charge is 0.249 e. The van der Waals surface area contributed by atoms with Crippen LogP contribution in [0, 0.1) is 12.7 Å². The molecule has 1 heterocycles. The van der Waals surface area contributed by atoms with Crippen molar-refractivity contribution in [2.45, 2.75) is 26.7 Å². The van der Waals surface area contributed by atoms with Crippen LogP contribution < -0.4 is 10.6 Å². The molecule has 2 N–H and O–H groups in total. The number of aromatic nitrogens is 3. The standard InChI is InChI=1S/C20H22FN5/c1-3-16-6-4-5-14(2)19(16)25-20-24-18(13-23-26-20)22-12-11-15-7-9-17(21)10-8-15/h4-10,13H,3,11-12H2,1-2H3,(H2,22,24,25,26). The molecule has 0 bridgehead atoms. The van der Waals surface area contributed by atoms with Crippen LogP contribution in [-0.2, 0) is 12.8 Å². The fraction of sp³-hybridized carbons (Fsp3) is 0.250. The Bertz CT molecular complexity index is 864. The molecule has 0 saturated carbocycles. The SMILES string of the molecule is CCc1cccc(C)c1Nc1nncc(NCCc2ccc(F)cc2)n1. The summed E-state index contributed by atoms with van der Waals surface area (Å²) in [5, 5.41) is 14.6. The third-order valence-electron chi connectivity index (χ3n) is 4.17. The maximum atomic E-state index is 12.9. The highest BCUT2D eigenvalue weighted by atomic mass is 19.1. The van der Waals surface area contributed by atoms with Gasteiger partial charge < -0.3 is 10.6 Å². The maximum Gasteiger partial charge on any atom is 0.249 e. The fourth-order valence-electron chi connectivity index (χ4n) is 2.74. The van der Waals surface area contributed by atoms with Crippen molar-refractivity contribution in [1.29, 1.82) is 0 Å². The van der Waals surface area contributed by atoms with Crippen molar-refractivity contribution in [1.82, 2.24) is 15.2 Å². The van der Waals surface area contributed by atoms with E-state index in [-0.39, 0.29) is 5.82 Å². The van der Waals surface area contributed by atoms with E-state index in [9.17, 15) is 4.39 Å². The minimum absolute atomic E-state index is 0.222. The molecule has 0 atom stereocenters. The van der Waals surface area contributed by atoms with E-state index < -0.39 is 0 Å². The van der Waals surface area contributed by atoms with Gasteiger partial charge in [0.05, 0.1) is 6.20 Å². The number of rotatable bonds is 7. The summed E-state index contributed by atoms with van der Waals surface area (Å²) in [6, 6.07) is 12.7. The molecule has 6 heteroatoms. The molecule has 0 radical (unpaired) electrons. The summed E-state index contributed by atoms with van der Waals surface area (Å²) in [4.78, 5) is 4.47. The third-order valence-corrected chi connectivity index (χ3v) is 4.17. The molecule has 1 aromatic heterocycles. The predicted molar refractivity (Wildman–Crippen MR) is 102 cm³/mol. The predicted octanol–water partition coefficient (Wildman–Crippen LogP) is 4.28. The van der Waals surface area contributed by atoms with E-state index >= 15 is 0 Å². The monoisotopic (exact) mass is 351 g/mol. The summed E-state index contributed by atoms with van der Waals surface area (Å²) in [6.45, 7) is 4.85. The molecular weight excluding hydrogens is 329 g/mol. The molecule has 3 aromatic rings. The van der Waals surface area contributed by atoms with Gasteiger partial charge in [0, 0.05) is 12.2 Å². The van der Waals surface area contributed by atoms with E-state index in [1.54, 1.807) is 18.3 Å². The Morgan fingerprint density at radius 3 is 2.65 bits per heavy atom. The Morgan fingerprint density at radius 1 is 1.08 bits per heavy atom. The van der Waals surface area contributed by atoms with Crippen LogP contribution in [0.4, 0.5) is 21.8 Å². The molecular formula is C20H22FN5. The Balaban J connectivity index is 1.64. The first-order valence-electron chi connectivity index (χ1n) is 8.69. The second-order valence-corrected chi connectivity index (χ2v) is 6.06. The lowest BCUT2D eigenvalue weighted by Crippen LogP contribution is -2.09. The molecule has 0 fully saturated rings. The first kappa shape index (κ1) is 17.8. The van der Waals surface area contributed by atoms with E-state index in [1.807, 2.05) is 6.07 Å². The van der Waals surface area contributed by atoms with Crippen LogP contribution >= 0.6 is 0 Å². The van der Waals surface area contributed by atoms with Crippen molar-refractivity contribution < 1.29 is 4.39 Å². The maximum absolute atomic E-state index is 12.9. The largest absolute Gasteiger partial charge is 0.368 e. The third kappa shape index (κ3) is 4.53. The van der Waals surface area contributed by atoms with Gasteiger partial charge in [-0.15, -0.1) is 5.10 Å². The fourth-order valence-corrected chi connectivity index (χ4v) is 2.74. The quantitative estimate of drug-likeness (QED) is 0.665. The van der Waals surface area contributed by atoms with Crippen molar-refractivity contribution in [2.24, 2.45) is 0 Å². The van der Waals surface area contributed by atoms with E-state index in [0.29, 0.717) is 18.3 Å². The van der Waals surface area contributed by atoms with Gasteiger partial charge in [0.2, 0.25) is 5.95 Å². The van der Waals surface area contributed by atoms with Crippen molar-refractivity contribution in [3.63, 3.8) is 0 Å². The Hall–Kier alpha value is -3.02. The van der Waals surface area contributed by atoms with Gasteiger partial charge in [-0.05, 0) is 48.6 Å². The molecule has 3 rings (SSSR count). The lowest BCUT2D eigenvalue weighted by Gasteiger charge is -2.13. The Kier molecular flexibility index (Phi) is 5.73. The van der Waals surface area contributed by atoms with Crippen LogP contribution in [0.15, 0.2) is 48.7 Å². The van der Waals surface area contributed by atoms with Gasteiger partial charge in [0.1, 0.15) is 5.82 Å². The number of halogens is 1. The van der Waals surface area contributed by atoms with Crippen molar-refractivity contribution >= 4 is 17.5 Å². The molecule has 0 aliphatic rings. The van der Waals surface area contributed by atoms with Crippen LogP contribution in [0.3, 0.4) is 0 Å². The first-order valence-corrected chi connectivity index (χ1v) is 8.69. The zero-order valence-electron chi connectivity index (χ0n) is 15.0. The molecule has 0 spiro atoms. The zero-order chi connectivity index (χ0) is 18.4. The zero-order valence-corrected chi connectivity index (χ0v) is 15.0. The second-order valence-electron chi connectivity index (χ2n) is 6.06. The van der Waals surface area contributed by atoms with Crippen LogP contribution in [0.5, 0.6) is 0 Å². The van der Waals surface area contributed by atoms with Crippen molar-refractivity contribution in [3.05, 3.63) is 71.2 Å². The highest BCUT2D eigenvalue weighted by Crippen LogP contribution is 2.23. The highest BCUT2D eigenvalue weighted by Gasteiger charge is 2.07. The summed E-state index contributed by atoms with van der Waals surface area (Å²) in [7, 11) is 0. The average molecular weight is 351 g/mol. The molecule has 26 heavy (non-hydrogen) atoms. The molecule has 0 saturated heterocycles. The molecule has 0 aliphatic carbocycles. The number of hydrogen-bond donors (Lipinski definition) is 2. The minimum atomic E-state index is -0.222. The van der Waals surface area contributed by atoms with E-state index in [4.69, 9.17) is 0 Å². The minimum Gasteiger partial charge on any atom is -0.368 e. The van der Waals surface area contributed by atoms with Crippen LogP contribution in [-0.4, -0.2) is 21.7 Å². The molecule has 0 aliphatic heterocycles. The lowest BCUT2D eigenvalue weighted by atomic mass is 10.1. The van der Waals surface area contributed by atoms with Crippen LogP contribution in [0.1, 0.15) is 23.6 Å². The molecule has 0 unspecified atom stereocenters. The summed E-state index contributed by atoms with van der Waals surface area (Å²) in [6.07, 6.45) is 3.28. The van der Waals surface area contributed by atoms with E-state index in [1.165, 1.54) is 17.7 Å². The summed E-state index contributed by atoms with van der Waals surface area (Å²) in [5.74, 6) is 0.886. The molecule has 2 aromatic carbocycles. The number of anilines is 3.